The van der Waals surface area contributed by atoms with Crippen LogP contribution in [0.4, 0.5) is 24.5 Å². The van der Waals surface area contributed by atoms with Crippen LogP contribution in [0.1, 0.15) is 22.8 Å². The summed E-state index contributed by atoms with van der Waals surface area (Å²) in [6, 6.07) is 5.08. The number of aromatic nitrogens is 3. The molecule has 1 aliphatic heterocycles. The smallest absolute Gasteiger partial charge is 0.354 e. The van der Waals surface area contributed by atoms with Crippen LogP contribution in [-0.4, -0.2) is 50.2 Å². The van der Waals surface area contributed by atoms with Crippen LogP contribution in [0.3, 0.4) is 0 Å². The fourth-order valence-corrected chi connectivity index (χ4v) is 3.46. The predicted octanol–water partition coefficient (Wildman–Crippen LogP) is 2.73. The minimum atomic E-state index is -4.55. The summed E-state index contributed by atoms with van der Waals surface area (Å²) >= 11 is 0. The molecular weight excluding hydrogens is 413 g/mol. The van der Waals surface area contributed by atoms with E-state index >= 15 is 0 Å². The third kappa shape index (κ3) is 4.03. The van der Waals surface area contributed by atoms with Crippen molar-refractivity contribution < 1.29 is 22.8 Å². The highest BCUT2D eigenvalue weighted by atomic mass is 19.4. The molecule has 2 aromatic heterocycles. The van der Waals surface area contributed by atoms with Crippen molar-refractivity contribution in [3.63, 3.8) is 0 Å². The lowest BCUT2D eigenvalue weighted by Crippen LogP contribution is -2.47. The van der Waals surface area contributed by atoms with E-state index in [0.29, 0.717) is 28.1 Å². The molecule has 162 valence electrons. The molecular formula is C20H19F3N6O2. The van der Waals surface area contributed by atoms with Crippen LogP contribution in [0.2, 0.25) is 0 Å². The standard InChI is InChI=1S/C20H19F3N6O2/c1-11(20(21,22)23)26-16(30)10-29-9-12-4-3-5-15(17(12)19(29)31)27-14-6-13-7-25-28(2)18(13)24-8-14/h3-8,11,27H,9-10H2,1-2H3,(H,26,30)/t11-/m0/s1. The van der Waals surface area contributed by atoms with Gasteiger partial charge in [0, 0.05) is 19.0 Å². The fraction of sp³-hybridized carbons (Fsp3) is 0.300. The van der Waals surface area contributed by atoms with Crippen LogP contribution >= 0.6 is 0 Å². The molecule has 1 aromatic carbocycles. The molecule has 0 radical (unpaired) electrons. The summed E-state index contributed by atoms with van der Waals surface area (Å²) in [5, 5.41) is 10.0. The van der Waals surface area contributed by atoms with Crippen LogP contribution in [-0.2, 0) is 18.4 Å². The third-order valence-electron chi connectivity index (χ3n) is 5.07. The highest BCUT2D eigenvalue weighted by Gasteiger charge is 2.38. The van der Waals surface area contributed by atoms with Gasteiger partial charge in [-0.3, -0.25) is 14.3 Å². The maximum absolute atomic E-state index is 12.9. The summed E-state index contributed by atoms with van der Waals surface area (Å²) in [5.74, 6) is -1.30. The normalized spacial score (nSPS) is 14.6. The number of nitrogens with one attached hydrogen (secondary N) is 2. The number of carbonyl (C=O) groups is 2. The molecule has 0 saturated heterocycles. The maximum Gasteiger partial charge on any atom is 0.408 e. The topological polar surface area (TPSA) is 92.2 Å². The van der Waals surface area contributed by atoms with Gasteiger partial charge in [0.25, 0.3) is 5.91 Å². The van der Waals surface area contributed by atoms with Gasteiger partial charge in [-0.2, -0.15) is 18.3 Å². The number of carbonyl (C=O) groups excluding carboxylic acids is 2. The van der Waals surface area contributed by atoms with Gasteiger partial charge in [0.2, 0.25) is 5.91 Å². The summed E-state index contributed by atoms with van der Waals surface area (Å²) in [4.78, 5) is 30.5. The van der Waals surface area contributed by atoms with E-state index in [0.717, 1.165) is 12.3 Å². The summed E-state index contributed by atoms with van der Waals surface area (Å²) in [7, 11) is 1.78. The molecule has 1 aliphatic rings. The molecule has 0 unspecified atom stereocenters. The number of hydrogen-bond donors (Lipinski definition) is 2. The van der Waals surface area contributed by atoms with Gasteiger partial charge in [-0.1, -0.05) is 12.1 Å². The number of benzene rings is 1. The van der Waals surface area contributed by atoms with Gasteiger partial charge in [-0.25, -0.2) is 4.98 Å². The van der Waals surface area contributed by atoms with Crippen LogP contribution in [0.5, 0.6) is 0 Å². The van der Waals surface area contributed by atoms with Crippen molar-refractivity contribution in [2.75, 3.05) is 11.9 Å². The number of alkyl halides is 3. The Labute approximate surface area is 175 Å². The number of nitrogens with zero attached hydrogens (tertiary/aromatic N) is 4. The minimum Gasteiger partial charge on any atom is -0.354 e. The second-order valence-electron chi connectivity index (χ2n) is 7.36. The van der Waals surface area contributed by atoms with E-state index in [1.54, 1.807) is 42.3 Å². The zero-order valence-electron chi connectivity index (χ0n) is 16.7. The molecule has 4 rings (SSSR count). The van der Waals surface area contributed by atoms with Gasteiger partial charge < -0.3 is 15.5 Å². The van der Waals surface area contributed by atoms with Crippen molar-refractivity contribution in [2.24, 2.45) is 7.05 Å². The Hall–Kier alpha value is -3.63. The average molecular weight is 432 g/mol. The SMILES string of the molecule is C[C@H](NC(=O)CN1Cc2cccc(Nc3cnc4c(cnn4C)c3)c2C1=O)C(F)(F)F. The lowest BCUT2D eigenvalue weighted by atomic mass is 10.1. The summed E-state index contributed by atoms with van der Waals surface area (Å²) in [6.45, 7) is 0.529. The van der Waals surface area contributed by atoms with E-state index < -0.39 is 30.6 Å². The van der Waals surface area contributed by atoms with Gasteiger partial charge in [-0.05, 0) is 24.6 Å². The Morgan fingerprint density at radius 3 is 2.81 bits per heavy atom. The number of hydrogen-bond acceptors (Lipinski definition) is 5. The number of aryl methyl sites for hydroxylation is 1. The summed E-state index contributed by atoms with van der Waals surface area (Å²) in [6.07, 6.45) is -1.25. The van der Waals surface area contributed by atoms with Crippen molar-refractivity contribution in [2.45, 2.75) is 25.7 Å². The second-order valence-corrected chi connectivity index (χ2v) is 7.36. The monoisotopic (exact) mass is 432 g/mol. The van der Waals surface area contributed by atoms with E-state index in [2.05, 4.69) is 15.4 Å². The van der Waals surface area contributed by atoms with E-state index in [4.69, 9.17) is 0 Å². The molecule has 8 nitrogen and oxygen atoms in total. The van der Waals surface area contributed by atoms with Crippen LogP contribution < -0.4 is 10.6 Å². The molecule has 2 N–H and O–H groups in total. The lowest BCUT2D eigenvalue weighted by Gasteiger charge is -2.20. The first-order valence-corrected chi connectivity index (χ1v) is 9.45. The number of rotatable bonds is 5. The first-order chi connectivity index (χ1) is 14.6. The fourth-order valence-electron chi connectivity index (χ4n) is 3.46. The largest absolute Gasteiger partial charge is 0.408 e. The number of pyridine rings is 1. The Balaban J connectivity index is 1.51. The first-order valence-electron chi connectivity index (χ1n) is 9.45. The van der Waals surface area contributed by atoms with Crippen LogP contribution in [0, 0.1) is 0 Å². The van der Waals surface area contributed by atoms with Gasteiger partial charge in [0.05, 0.1) is 29.3 Å². The lowest BCUT2D eigenvalue weighted by molar-refractivity contribution is -0.158. The minimum absolute atomic E-state index is 0.136. The van der Waals surface area contributed by atoms with Crippen molar-refractivity contribution in [1.29, 1.82) is 0 Å². The van der Waals surface area contributed by atoms with E-state index in [9.17, 15) is 22.8 Å². The zero-order valence-corrected chi connectivity index (χ0v) is 16.7. The van der Waals surface area contributed by atoms with Crippen LogP contribution in [0.15, 0.2) is 36.7 Å². The summed E-state index contributed by atoms with van der Waals surface area (Å²) in [5.41, 5.74) is 2.95. The van der Waals surface area contributed by atoms with Gasteiger partial charge in [0.1, 0.15) is 12.6 Å². The quantitative estimate of drug-likeness (QED) is 0.647. The predicted molar refractivity (Wildman–Crippen MR) is 107 cm³/mol. The molecule has 2 amide bonds. The Bertz CT molecular complexity index is 1170. The van der Waals surface area contributed by atoms with E-state index in [1.165, 1.54) is 4.90 Å². The highest BCUT2D eigenvalue weighted by Crippen LogP contribution is 2.31. The third-order valence-corrected chi connectivity index (χ3v) is 5.07. The molecule has 0 fully saturated rings. The molecule has 11 heteroatoms. The molecule has 0 saturated carbocycles. The maximum atomic E-state index is 12.9. The van der Waals surface area contributed by atoms with Crippen molar-refractivity contribution in [1.82, 2.24) is 25.0 Å². The summed E-state index contributed by atoms with van der Waals surface area (Å²) < 4.78 is 39.6. The second kappa shape index (κ2) is 7.56. The van der Waals surface area contributed by atoms with E-state index in [1.807, 2.05) is 11.4 Å². The first kappa shape index (κ1) is 20.6. The Kier molecular flexibility index (Phi) is 5.03. The van der Waals surface area contributed by atoms with Gasteiger partial charge in [0.15, 0.2) is 5.65 Å². The number of anilines is 2. The average Bonchev–Trinajstić information content (AvgIpc) is 3.21. The number of fused-ring (bicyclic) bond motifs is 2. The molecule has 0 aliphatic carbocycles. The Morgan fingerprint density at radius 2 is 2.06 bits per heavy atom. The molecule has 31 heavy (non-hydrogen) atoms. The van der Waals surface area contributed by atoms with Crippen molar-refractivity contribution in [3.8, 4) is 0 Å². The zero-order chi connectivity index (χ0) is 22.3. The van der Waals surface area contributed by atoms with Gasteiger partial charge in [-0.15, -0.1) is 0 Å². The molecule has 1 atom stereocenters. The Morgan fingerprint density at radius 1 is 1.29 bits per heavy atom. The van der Waals surface area contributed by atoms with Crippen molar-refractivity contribution >= 4 is 34.2 Å². The number of halogens is 3. The molecule has 0 spiro atoms. The highest BCUT2D eigenvalue weighted by molar-refractivity contribution is 6.05. The van der Waals surface area contributed by atoms with Crippen LogP contribution in [0.25, 0.3) is 11.0 Å². The van der Waals surface area contributed by atoms with Gasteiger partial charge >= 0.3 is 6.18 Å². The van der Waals surface area contributed by atoms with E-state index in [-0.39, 0.29) is 6.54 Å². The van der Waals surface area contributed by atoms with Crippen molar-refractivity contribution in [3.05, 3.63) is 47.8 Å². The molecule has 3 aromatic rings. The molecule has 0 bridgehead atoms. The number of amides is 2. The molecule has 3 heterocycles.